The summed E-state index contributed by atoms with van der Waals surface area (Å²) < 4.78 is 39.0. The van der Waals surface area contributed by atoms with Crippen molar-refractivity contribution in [1.82, 2.24) is 0 Å². The maximum Gasteiger partial charge on any atom is 0.338 e. The SMILES string of the molecule is C=C(Br)C[C@@H](CC[C@@]12C[C@H]3O[C@H]4C(O1)[C@H]1O[C@@H](CC=O)CC[C@@H]1O[C@H]4C3O2)OC(=O)c1ccccc1. The fourth-order valence-electron chi connectivity index (χ4n) is 6.38. The van der Waals surface area contributed by atoms with E-state index in [0.717, 1.165) is 23.6 Å². The zero-order valence-electron chi connectivity index (χ0n) is 20.0. The lowest BCUT2D eigenvalue weighted by Crippen LogP contribution is -2.61. The van der Waals surface area contributed by atoms with Crippen molar-refractivity contribution in [1.29, 1.82) is 0 Å². The van der Waals surface area contributed by atoms with E-state index in [1.165, 1.54) is 0 Å². The summed E-state index contributed by atoms with van der Waals surface area (Å²) in [4.78, 5) is 23.8. The van der Waals surface area contributed by atoms with Crippen molar-refractivity contribution in [3.05, 3.63) is 47.0 Å². The molecular weight excluding hydrogens is 532 g/mol. The number of aldehydes is 1. The average Bonchev–Trinajstić information content (AvgIpc) is 3.28. The van der Waals surface area contributed by atoms with Crippen LogP contribution in [0.2, 0.25) is 0 Å². The van der Waals surface area contributed by atoms with Crippen molar-refractivity contribution in [3.63, 3.8) is 0 Å². The summed E-state index contributed by atoms with van der Waals surface area (Å²) in [5.74, 6) is -1.23. The summed E-state index contributed by atoms with van der Waals surface area (Å²) >= 11 is 3.42. The molecule has 6 aliphatic heterocycles. The van der Waals surface area contributed by atoms with E-state index in [0.29, 0.717) is 37.7 Å². The Morgan fingerprint density at radius 2 is 1.81 bits per heavy atom. The van der Waals surface area contributed by atoms with Gasteiger partial charge in [-0.15, -0.1) is 0 Å². The Kier molecular flexibility index (Phi) is 6.81. The van der Waals surface area contributed by atoms with Gasteiger partial charge in [0.25, 0.3) is 0 Å². The van der Waals surface area contributed by atoms with Crippen molar-refractivity contribution in [3.8, 4) is 0 Å². The molecule has 1 aromatic carbocycles. The standard InChI is InChI=1S/C27H31BrO8/c1-15(28)13-18(32-26(30)16-5-3-2-4-6-16)9-11-27-14-20-22(35-27)23-24(34-20)25(36-27)21-19(33-23)8-7-17(31-21)10-12-29/h2-6,12,17-25H,1,7-11,13-14H2/t17-,18-,19+,20-,21+,22?,23+,24-,25?,27+/m1/s1. The normalized spacial score (nSPS) is 40.8. The predicted molar refractivity (Wildman–Crippen MR) is 131 cm³/mol. The molecule has 1 aromatic rings. The van der Waals surface area contributed by atoms with Crippen LogP contribution in [-0.2, 0) is 33.2 Å². The quantitative estimate of drug-likeness (QED) is 0.331. The Morgan fingerprint density at radius 3 is 2.58 bits per heavy atom. The molecule has 7 rings (SSSR count). The highest BCUT2D eigenvalue weighted by Gasteiger charge is 2.68. The molecule has 194 valence electrons. The lowest BCUT2D eigenvalue weighted by molar-refractivity contribution is -0.292. The third-order valence-corrected chi connectivity index (χ3v) is 8.29. The largest absolute Gasteiger partial charge is 0.458 e. The van der Waals surface area contributed by atoms with Crippen LogP contribution in [-0.4, -0.2) is 73.0 Å². The molecule has 10 atom stereocenters. The van der Waals surface area contributed by atoms with Gasteiger partial charge in [0, 0.05) is 25.7 Å². The molecule has 6 heterocycles. The van der Waals surface area contributed by atoms with Crippen LogP contribution >= 0.6 is 15.9 Å². The minimum absolute atomic E-state index is 0.0993. The van der Waals surface area contributed by atoms with Gasteiger partial charge in [-0.25, -0.2) is 4.79 Å². The van der Waals surface area contributed by atoms with Crippen LogP contribution in [0.1, 0.15) is 55.3 Å². The number of ether oxygens (including phenoxy) is 6. The van der Waals surface area contributed by atoms with Crippen LogP contribution in [0.25, 0.3) is 0 Å². The monoisotopic (exact) mass is 562 g/mol. The molecule has 36 heavy (non-hydrogen) atoms. The third-order valence-electron chi connectivity index (χ3n) is 7.97. The second-order valence-electron chi connectivity index (χ2n) is 10.4. The van der Waals surface area contributed by atoms with E-state index >= 15 is 0 Å². The average molecular weight is 563 g/mol. The second-order valence-corrected chi connectivity index (χ2v) is 11.5. The molecule has 6 bridgehead atoms. The number of benzene rings is 1. The molecule has 0 N–H and O–H groups in total. The molecule has 0 spiro atoms. The molecule has 0 aromatic heterocycles. The molecule has 0 aliphatic carbocycles. The van der Waals surface area contributed by atoms with Gasteiger partial charge in [-0.2, -0.15) is 0 Å². The predicted octanol–water partition coefficient (Wildman–Crippen LogP) is 3.85. The van der Waals surface area contributed by atoms with Gasteiger partial charge < -0.3 is 33.2 Å². The first-order valence-corrected chi connectivity index (χ1v) is 13.6. The Morgan fingerprint density at radius 1 is 1.06 bits per heavy atom. The molecule has 6 aliphatic rings. The van der Waals surface area contributed by atoms with Crippen molar-refractivity contribution in [2.75, 3.05) is 0 Å². The second kappa shape index (κ2) is 9.93. The third kappa shape index (κ3) is 4.59. The Hall–Kier alpha value is -1.62. The molecule has 2 unspecified atom stereocenters. The van der Waals surface area contributed by atoms with Gasteiger partial charge >= 0.3 is 5.97 Å². The lowest BCUT2D eigenvalue weighted by atomic mass is 9.87. The fourth-order valence-corrected chi connectivity index (χ4v) is 6.74. The van der Waals surface area contributed by atoms with Gasteiger partial charge in [0.15, 0.2) is 5.79 Å². The zero-order valence-corrected chi connectivity index (χ0v) is 21.5. The highest BCUT2D eigenvalue weighted by Crippen LogP contribution is 2.54. The number of hydrogen-bond acceptors (Lipinski definition) is 8. The number of carbonyl (C=O) groups is 2. The van der Waals surface area contributed by atoms with Gasteiger partial charge in [0.2, 0.25) is 0 Å². The van der Waals surface area contributed by atoms with Crippen LogP contribution in [0.4, 0.5) is 0 Å². The molecule has 0 radical (unpaired) electrons. The van der Waals surface area contributed by atoms with Crippen LogP contribution in [0, 0.1) is 0 Å². The van der Waals surface area contributed by atoms with Crippen LogP contribution in [0.3, 0.4) is 0 Å². The maximum absolute atomic E-state index is 12.7. The van der Waals surface area contributed by atoms with Crippen molar-refractivity contribution < 1.29 is 38.0 Å². The Balaban J connectivity index is 1.18. The summed E-state index contributed by atoms with van der Waals surface area (Å²) in [6.45, 7) is 3.94. The highest BCUT2D eigenvalue weighted by atomic mass is 79.9. The first-order chi connectivity index (χ1) is 17.4. The Labute approximate surface area is 218 Å². The van der Waals surface area contributed by atoms with E-state index in [9.17, 15) is 9.59 Å². The number of hydrogen-bond donors (Lipinski definition) is 0. The minimum Gasteiger partial charge on any atom is -0.458 e. The van der Waals surface area contributed by atoms with Crippen molar-refractivity contribution in [2.24, 2.45) is 0 Å². The van der Waals surface area contributed by atoms with Crippen LogP contribution < -0.4 is 0 Å². The molecule has 6 saturated heterocycles. The molecule has 0 amide bonds. The van der Waals surface area contributed by atoms with Gasteiger partial charge in [-0.1, -0.05) is 40.7 Å². The molecular formula is C27H31BrO8. The summed E-state index contributed by atoms with van der Waals surface area (Å²) in [5, 5.41) is 0. The smallest absolute Gasteiger partial charge is 0.338 e. The first kappa shape index (κ1) is 24.7. The van der Waals surface area contributed by atoms with E-state index < -0.39 is 11.9 Å². The summed E-state index contributed by atoms with van der Waals surface area (Å²) in [5.41, 5.74) is 0.509. The molecule has 8 nitrogen and oxygen atoms in total. The van der Waals surface area contributed by atoms with E-state index in [1.807, 2.05) is 18.2 Å². The van der Waals surface area contributed by atoms with E-state index in [2.05, 4.69) is 22.5 Å². The van der Waals surface area contributed by atoms with E-state index in [-0.39, 0.29) is 54.8 Å². The highest BCUT2D eigenvalue weighted by molar-refractivity contribution is 9.11. The van der Waals surface area contributed by atoms with Gasteiger partial charge in [0.1, 0.15) is 42.9 Å². The van der Waals surface area contributed by atoms with Gasteiger partial charge in [-0.05, 0) is 35.9 Å². The van der Waals surface area contributed by atoms with Gasteiger partial charge in [0.05, 0.1) is 23.9 Å². The van der Waals surface area contributed by atoms with Crippen LogP contribution in [0.5, 0.6) is 0 Å². The van der Waals surface area contributed by atoms with Crippen LogP contribution in [0.15, 0.2) is 41.4 Å². The number of halogens is 1. The molecule has 6 fully saturated rings. The number of carbonyl (C=O) groups excluding carboxylic acids is 2. The topological polar surface area (TPSA) is 89.5 Å². The number of rotatable bonds is 9. The lowest BCUT2D eigenvalue weighted by Gasteiger charge is -2.47. The maximum atomic E-state index is 12.7. The molecule has 9 heteroatoms. The van der Waals surface area contributed by atoms with Gasteiger partial charge in [-0.3, -0.25) is 0 Å². The number of fused-ring (bicyclic) bond motifs is 1. The van der Waals surface area contributed by atoms with Crippen molar-refractivity contribution >= 4 is 28.2 Å². The van der Waals surface area contributed by atoms with E-state index in [4.69, 9.17) is 28.4 Å². The molecule has 0 saturated carbocycles. The summed E-state index contributed by atoms with van der Waals surface area (Å²) in [6, 6.07) is 8.96. The first-order valence-electron chi connectivity index (χ1n) is 12.8. The van der Waals surface area contributed by atoms with E-state index in [1.54, 1.807) is 12.1 Å². The summed E-state index contributed by atoms with van der Waals surface area (Å²) in [7, 11) is 0. The fraction of sp³-hybridized carbons (Fsp3) is 0.630. The van der Waals surface area contributed by atoms with Crippen molar-refractivity contribution in [2.45, 2.75) is 106 Å². The number of esters is 1. The minimum atomic E-state index is -0.867. The zero-order chi connectivity index (χ0) is 24.9. The summed E-state index contributed by atoms with van der Waals surface area (Å²) in [6.07, 6.45) is 3.01. The Bertz CT molecular complexity index is 1000.